The van der Waals surface area contributed by atoms with Gasteiger partial charge in [-0.25, -0.2) is 9.78 Å². The summed E-state index contributed by atoms with van der Waals surface area (Å²) in [5, 5.41) is 25.2. The average Bonchev–Trinajstić information content (AvgIpc) is 3.53. The summed E-state index contributed by atoms with van der Waals surface area (Å²) in [5.74, 6) is 0.192. The normalized spacial score (nSPS) is 19.8. The Balaban J connectivity index is 1.37. The van der Waals surface area contributed by atoms with Crippen LogP contribution >= 0.6 is 0 Å². The highest BCUT2D eigenvalue weighted by atomic mass is 16.5. The highest BCUT2D eigenvalue weighted by molar-refractivity contribution is 5.76. The molecule has 2 amide bonds. The lowest BCUT2D eigenvalue weighted by molar-refractivity contribution is -0.0702. The van der Waals surface area contributed by atoms with Crippen molar-refractivity contribution in [1.82, 2.24) is 40.0 Å². The highest BCUT2D eigenvalue weighted by Gasteiger charge is 2.47. The summed E-state index contributed by atoms with van der Waals surface area (Å²) in [5.41, 5.74) is 7.75. The van der Waals surface area contributed by atoms with Gasteiger partial charge in [0, 0.05) is 31.8 Å². The Bertz CT molecular complexity index is 1300. The topological polar surface area (TPSA) is 153 Å². The van der Waals surface area contributed by atoms with Crippen LogP contribution in [0.25, 0.3) is 11.3 Å². The Kier molecular flexibility index (Phi) is 5.02. The van der Waals surface area contributed by atoms with Crippen LogP contribution in [0.3, 0.4) is 0 Å². The summed E-state index contributed by atoms with van der Waals surface area (Å²) in [6.45, 7) is 5.86. The molecule has 12 heteroatoms. The van der Waals surface area contributed by atoms with Crippen molar-refractivity contribution < 1.29 is 9.53 Å². The molecule has 5 heterocycles. The van der Waals surface area contributed by atoms with Gasteiger partial charge in [0.15, 0.2) is 0 Å². The number of likely N-dealkylation sites (tertiary alicyclic amines) is 1. The second-order valence-electron chi connectivity index (χ2n) is 9.25. The van der Waals surface area contributed by atoms with E-state index in [0.29, 0.717) is 55.2 Å². The van der Waals surface area contributed by atoms with E-state index in [1.807, 2.05) is 24.6 Å². The third kappa shape index (κ3) is 3.63. The van der Waals surface area contributed by atoms with Gasteiger partial charge in [-0.15, -0.1) is 5.10 Å². The van der Waals surface area contributed by atoms with E-state index in [1.165, 1.54) is 0 Å². The predicted octanol–water partition coefficient (Wildman–Crippen LogP) is 1.10. The van der Waals surface area contributed by atoms with Gasteiger partial charge in [0.05, 0.1) is 48.4 Å². The number of aryl methyl sites for hydroxylation is 1. The molecule has 3 N–H and O–H groups in total. The lowest BCUT2D eigenvalue weighted by atomic mass is 9.96. The van der Waals surface area contributed by atoms with Crippen molar-refractivity contribution in [2.75, 3.05) is 25.4 Å². The number of amides is 2. The maximum Gasteiger partial charge on any atom is 0.318 e. The minimum absolute atomic E-state index is 0.186. The van der Waals surface area contributed by atoms with Gasteiger partial charge in [0.1, 0.15) is 23.2 Å². The van der Waals surface area contributed by atoms with E-state index >= 15 is 0 Å². The van der Waals surface area contributed by atoms with Crippen LogP contribution in [-0.2, 0) is 29.5 Å². The van der Waals surface area contributed by atoms with Crippen LogP contribution in [-0.4, -0.2) is 60.4 Å². The fraction of sp³-hybridized carbons (Fsp3) is 0.455. The van der Waals surface area contributed by atoms with Gasteiger partial charge < -0.3 is 20.7 Å². The molecule has 12 nitrogen and oxygen atoms in total. The molecular weight excluding hydrogens is 436 g/mol. The van der Waals surface area contributed by atoms with Crippen LogP contribution in [0.15, 0.2) is 24.5 Å². The molecule has 5 rings (SSSR count). The van der Waals surface area contributed by atoms with Crippen LogP contribution in [0.1, 0.15) is 37.2 Å². The molecule has 176 valence electrons. The predicted molar refractivity (Wildman–Crippen MR) is 121 cm³/mol. The van der Waals surface area contributed by atoms with Crippen molar-refractivity contribution in [2.24, 2.45) is 7.05 Å². The summed E-state index contributed by atoms with van der Waals surface area (Å²) >= 11 is 0. The fourth-order valence-electron chi connectivity index (χ4n) is 4.53. The summed E-state index contributed by atoms with van der Waals surface area (Å²) in [7, 11) is 1.79. The fourth-order valence-corrected chi connectivity index (χ4v) is 4.53. The number of hydrogen-bond acceptors (Lipinski definition) is 8. The summed E-state index contributed by atoms with van der Waals surface area (Å²) in [4.78, 5) is 19.0. The number of ether oxygens (including phenoxy) is 1. The Morgan fingerprint density at radius 2 is 2.18 bits per heavy atom. The van der Waals surface area contributed by atoms with Crippen LogP contribution < -0.4 is 11.1 Å². The molecule has 2 aliphatic heterocycles. The Morgan fingerprint density at radius 1 is 1.35 bits per heavy atom. The first-order valence-electron chi connectivity index (χ1n) is 11.0. The molecule has 1 spiro atoms. The summed E-state index contributed by atoms with van der Waals surface area (Å²) in [6.07, 6.45) is 4.06. The minimum Gasteiger partial charge on any atom is -0.383 e. The number of carbonyl (C=O) groups excluding carboxylic acids is 1. The number of nitrogen functional groups attached to an aromatic ring is 1. The van der Waals surface area contributed by atoms with Gasteiger partial charge in [0.25, 0.3) is 0 Å². The number of urea groups is 1. The number of nitriles is 1. The molecule has 0 saturated carbocycles. The molecule has 0 aliphatic carbocycles. The number of anilines is 1. The van der Waals surface area contributed by atoms with E-state index in [1.54, 1.807) is 35.1 Å². The van der Waals surface area contributed by atoms with E-state index in [4.69, 9.17) is 15.6 Å². The first-order valence-corrected chi connectivity index (χ1v) is 11.0. The second-order valence-corrected chi connectivity index (χ2v) is 9.25. The van der Waals surface area contributed by atoms with Crippen molar-refractivity contribution in [3.63, 3.8) is 0 Å². The molecule has 0 radical (unpaired) electrons. The monoisotopic (exact) mass is 462 g/mol. The van der Waals surface area contributed by atoms with Crippen molar-refractivity contribution in [3.8, 4) is 17.3 Å². The van der Waals surface area contributed by atoms with Crippen LogP contribution in [0.2, 0.25) is 0 Å². The molecule has 0 aromatic carbocycles. The number of fused-ring (bicyclic) bond motifs is 2. The van der Waals surface area contributed by atoms with Gasteiger partial charge in [-0.3, -0.25) is 9.36 Å². The summed E-state index contributed by atoms with van der Waals surface area (Å²) in [6, 6.07) is 5.52. The van der Waals surface area contributed by atoms with Gasteiger partial charge >= 0.3 is 6.03 Å². The molecule has 1 atom stereocenters. The standard InChI is InChI=1S/C22H26N10O2/c1-21(2,17-12-30(3)29-27-17)26-20(33)31-5-4-22(13-31)18-9-16(28-32(18)6-7-34-22)15-8-14(10-23)19(24)25-11-15/h8-9,11-12H,4-7,13H2,1-3H3,(H2,24,25)(H,26,33)/t22-/m1/s1. The Morgan fingerprint density at radius 3 is 2.91 bits per heavy atom. The number of nitrogens with two attached hydrogens (primary N) is 1. The lowest BCUT2D eigenvalue weighted by Crippen LogP contribution is -2.49. The maximum atomic E-state index is 13.1. The van der Waals surface area contributed by atoms with Crippen molar-refractivity contribution in [3.05, 3.63) is 41.5 Å². The third-order valence-corrected chi connectivity index (χ3v) is 6.44. The van der Waals surface area contributed by atoms with E-state index in [2.05, 4.69) is 26.7 Å². The number of hydrogen-bond donors (Lipinski definition) is 2. The molecule has 3 aromatic heterocycles. The van der Waals surface area contributed by atoms with Crippen LogP contribution in [0.5, 0.6) is 0 Å². The molecule has 3 aromatic rings. The first-order chi connectivity index (χ1) is 16.2. The molecule has 1 fully saturated rings. The lowest BCUT2D eigenvalue weighted by Gasteiger charge is -2.34. The number of pyridine rings is 1. The Labute approximate surface area is 196 Å². The number of carbonyl (C=O) groups is 1. The number of aromatic nitrogens is 6. The van der Waals surface area contributed by atoms with Crippen molar-refractivity contribution in [1.29, 1.82) is 5.26 Å². The number of nitrogens with one attached hydrogen (secondary N) is 1. The molecule has 34 heavy (non-hydrogen) atoms. The first kappa shape index (κ1) is 21.8. The zero-order chi connectivity index (χ0) is 24.1. The van der Waals surface area contributed by atoms with Crippen molar-refractivity contribution in [2.45, 2.75) is 38.0 Å². The largest absolute Gasteiger partial charge is 0.383 e. The second kappa shape index (κ2) is 7.81. The zero-order valence-electron chi connectivity index (χ0n) is 19.3. The minimum atomic E-state index is -0.677. The van der Waals surface area contributed by atoms with Gasteiger partial charge in [-0.1, -0.05) is 5.21 Å². The van der Waals surface area contributed by atoms with Crippen LogP contribution in [0.4, 0.5) is 10.6 Å². The van der Waals surface area contributed by atoms with Crippen LogP contribution in [0, 0.1) is 11.3 Å². The van der Waals surface area contributed by atoms with E-state index < -0.39 is 11.1 Å². The Hall–Kier alpha value is -3.98. The number of nitrogens with zero attached hydrogens (tertiary/aromatic N) is 8. The van der Waals surface area contributed by atoms with E-state index in [0.717, 1.165) is 5.69 Å². The molecule has 0 bridgehead atoms. The van der Waals surface area contributed by atoms with Crippen molar-refractivity contribution >= 4 is 11.8 Å². The highest BCUT2D eigenvalue weighted by Crippen LogP contribution is 2.40. The quantitative estimate of drug-likeness (QED) is 0.587. The molecule has 1 saturated heterocycles. The van der Waals surface area contributed by atoms with Gasteiger partial charge in [0.2, 0.25) is 0 Å². The molecular formula is C22H26N10O2. The smallest absolute Gasteiger partial charge is 0.318 e. The SMILES string of the molecule is Cn1cc(C(C)(C)NC(=O)N2CC[C@]3(C2)OCCn2nc(-c4cnc(N)c(C#N)c4)cc23)nn1. The zero-order valence-corrected chi connectivity index (χ0v) is 19.3. The third-order valence-electron chi connectivity index (χ3n) is 6.44. The molecule has 0 unspecified atom stereocenters. The summed E-state index contributed by atoms with van der Waals surface area (Å²) < 4.78 is 9.80. The maximum absolute atomic E-state index is 13.1. The number of rotatable bonds is 3. The van der Waals surface area contributed by atoms with E-state index in [9.17, 15) is 10.1 Å². The van der Waals surface area contributed by atoms with Gasteiger partial charge in [-0.05, 0) is 26.0 Å². The van der Waals surface area contributed by atoms with E-state index in [-0.39, 0.29) is 11.8 Å². The van der Waals surface area contributed by atoms with Gasteiger partial charge in [-0.2, -0.15) is 10.4 Å². The molecule has 2 aliphatic rings. The average molecular weight is 463 g/mol.